The first-order valence-electron chi connectivity index (χ1n) is 9.44. The van der Waals surface area contributed by atoms with Gasteiger partial charge in [0.25, 0.3) is 0 Å². The van der Waals surface area contributed by atoms with E-state index in [9.17, 15) is 8.42 Å². The maximum absolute atomic E-state index is 12.8. The first kappa shape index (κ1) is 23.1. The average Bonchev–Trinajstić information content (AvgIpc) is 2.53. The molecule has 2 atom stereocenters. The second kappa shape index (κ2) is 9.31. The monoisotopic (exact) mass is 383 g/mol. The molecule has 2 unspecified atom stereocenters. The summed E-state index contributed by atoms with van der Waals surface area (Å²) < 4.78 is 28.4. The van der Waals surface area contributed by atoms with Gasteiger partial charge in [-0.15, -0.1) is 0 Å². The highest BCUT2D eigenvalue weighted by molar-refractivity contribution is 7.89. The van der Waals surface area contributed by atoms with Crippen LogP contribution in [-0.4, -0.2) is 33.6 Å². The molecule has 0 aliphatic rings. The molecule has 0 aromatic heterocycles. The molecule has 1 aromatic carbocycles. The highest BCUT2D eigenvalue weighted by atomic mass is 32.2. The second-order valence-corrected chi connectivity index (χ2v) is 10.5. The predicted octanol–water partition coefficient (Wildman–Crippen LogP) is 2.86. The number of benzene rings is 1. The molecule has 0 spiro atoms. The molecule has 1 aromatic rings. The summed E-state index contributed by atoms with van der Waals surface area (Å²) in [5, 5.41) is 3.40. The van der Waals surface area contributed by atoms with Crippen molar-refractivity contribution in [3.05, 3.63) is 29.8 Å². The molecular weight excluding hydrogens is 346 g/mol. The molecule has 0 bridgehead atoms. The zero-order valence-corrected chi connectivity index (χ0v) is 18.2. The minimum atomic E-state index is -3.56. The quantitative estimate of drug-likeness (QED) is 0.612. The molecule has 0 radical (unpaired) electrons. The van der Waals surface area contributed by atoms with Gasteiger partial charge < -0.3 is 11.1 Å². The fourth-order valence-corrected chi connectivity index (χ4v) is 4.07. The Morgan fingerprint density at radius 1 is 0.962 bits per heavy atom. The normalized spacial score (nSPS) is 15.5. The predicted molar refractivity (Wildman–Crippen MR) is 110 cm³/mol. The Hall–Kier alpha value is -0.950. The first-order chi connectivity index (χ1) is 11.9. The van der Waals surface area contributed by atoms with E-state index >= 15 is 0 Å². The van der Waals surface area contributed by atoms with Crippen LogP contribution in [0.5, 0.6) is 0 Å². The second-order valence-electron chi connectivity index (χ2n) is 8.74. The SMILES string of the molecule is CC(C)C(CN)NCC(NS(=O)(=O)c1ccc(C(C)(C)C)cc1)C(C)C. The highest BCUT2D eigenvalue weighted by Gasteiger charge is 2.24. The number of nitrogens with two attached hydrogens (primary N) is 1. The topological polar surface area (TPSA) is 84.2 Å². The van der Waals surface area contributed by atoms with Crippen LogP contribution in [0.25, 0.3) is 0 Å². The highest BCUT2D eigenvalue weighted by Crippen LogP contribution is 2.23. The smallest absolute Gasteiger partial charge is 0.240 e. The summed E-state index contributed by atoms with van der Waals surface area (Å²) in [5.41, 5.74) is 6.91. The molecule has 1 rings (SSSR count). The van der Waals surface area contributed by atoms with Crippen molar-refractivity contribution in [2.75, 3.05) is 13.1 Å². The van der Waals surface area contributed by atoms with Crippen molar-refractivity contribution in [1.82, 2.24) is 10.0 Å². The first-order valence-corrected chi connectivity index (χ1v) is 10.9. The van der Waals surface area contributed by atoms with Crippen molar-refractivity contribution in [2.45, 2.75) is 70.9 Å². The third-order valence-corrected chi connectivity index (χ3v) is 6.31. The molecule has 0 aliphatic carbocycles. The summed E-state index contributed by atoms with van der Waals surface area (Å²) >= 11 is 0. The van der Waals surface area contributed by atoms with Gasteiger partial charge in [0.15, 0.2) is 0 Å². The molecule has 4 N–H and O–H groups in total. The largest absolute Gasteiger partial charge is 0.329 e. The number of rotatable bonds is 9. The van der Waals surface area contributed by atoms with Crippen molar-refractivity contribution in [3.8, 4) is 0 Å². The van der Waals surface area contributed by atoms with E-state index in [0.29, 0.717) is 23.9 Å². The Bertz CT molecular complexity index is 647. The van der Waals surface area contributed by atoms with Crippen molar-refractivity contribution in [3.63, 3.8) is 0 Å². The van der Waals surface area contributed by atoms with E-state index in [1.807, 2.05) is 26.0 Å². The van der Waals surface area contributed by atoms with Crippen LogP contribution in [0, 0.1) is 11.8 Å². The van der Waals surface area contributed by atoms with Crippen LogP contribution in [0.2, 0.25) is 0 Å². The lowest BCUT2D eigenvalue weighted by atomic mass is 9.87. The molecular formula is C20H37N3O2S. The van der Waals surface area contributed by atoms with E-state index in [4.69, 9.17) is 5.73 Å². The summed E-state index contributed by atoms with van der Waals surface area (Å²) in [6.07, 6.45) is 0. The molecule has 0 saturated heterocycles. The Balaban J connectivity index is 2.89. The number of hydrogen-bond donors (Lipinski definition) is 3. The van der Waals surface area contributed by atoms with Gasteiger partial charge in [0.2, 0.25) is 10.0 Å². The molecule has 0 amide bonds. The van der Waals surface area contributed by atoms with Gasteiger partial charge in [0, 0.05) is 25.2 Å². The third-order valence-electron chi connectivity index (χ3n) is 4.80. The Kier molecular flexibility index (Phi) is 8.27. The van der Waals surface area contributed by atoms with Crippen molar-refractivity contribution in [1.29, 1.82) is 0 Å². The number of hydrogen-bond acceptors (Lipinski definition) is 4. The van der Waals surface area contributed by atoms with Crippen LogP contribution >= 0.6 is 0 Å². The van der Waals surface area contributed by atoms with Gasteiger partial charge in [-0.2, -0.15) is 0 Å². The molecule has 0 fully saturated rings. The zero-order chi connectivity index (χ0) is 20.1. The number of nitrogens with one attached hydrogen (secondary N) is 2. The summed E-state index contributed by atoms with van der Waals surface area (Å²) in [6.45, 7) is 15.7. The van der Waals surface area contributed by atoms with Crippen LogP contribution in [0.15, 0.2) is 29.2 Å². The van der Waals surface area contributed by atoms with E-state index in [2.05, 4.69) is 44.7 Å². The fraction of sp³-hybridized carbons (Fsp3) is 0.700. The van der Waals surface area contributed by atoms with Crippen LogP contribution < -0.4 is 15.8 Å². The molecule has 6 heteroatoms. The average molecular weight is 384 g/mol. The standard InChI is InChI=1S/C20H37N3O2S/c1-14(2)18(12-21)22-13-19(15(3)4)23-26(24,25)17-10-8-16(9-11-17)20(5,6)7/h8-11,14-15,18-19,22-23H,12-13,21H2,1-7H3. The maximum atomic E-state index is 12.8. The molecule has 26 heavy (non-hydrogen) atoms. The number of sulfonamides is 1. The molecule has 150 valence electrons. The van der Waals surface area contributed by atoms with Gasteiger partial charge in [-0.05, 0) is 34.9 Å². The van der Waals surface area contributed by atoms with Crippen molar-refractivity contribution in [2.24, 2.45) is 17.6 Å². The van der Waals surface area contributed by atoms with E-state index in [-0.39, 0.29) is 23.4 Å². The fourth-order valence-electron chi connectivity index (χ4n) is 2.68. The zero-order valence-electron chi connectivity index (χ0n) is 17.3. The molecule has 0 heterocycles. The molecule has 5 nitrogen and oxygen atoms in total. The van der Waals surface area contributed by atoms with Crippen LogP contribution in [0.1, 0.15) is 54.0 Å². The lowest BCUT2D eigenvalue weighted by Crippen LogP contribution is -2.50. The van der Waals surface area contributed by atoms with Gasteiger partial charge >= 0.3 is 0 Å². The van der Waals surface area contributed by atoms with E-state index in [1.54, 1.807) is 12.1 Å². The lowest BCUT2D eigenvalue weighted by Gasteiger charge is -2.27. The van der Waals surface area contributed by atoms with Crippen molar-refractivity contribution >= 4 is 10.0 Å². The molecule has 0 saturated carbocycles. The van der Waals surface area contributed by atoms with Gasteiger partial charge in [0.1, 0.15) is 0 Å². The Morgan fingerprint density at radius 3 is 1.85 bits per heavy atom. The Morgan fingerprint density at radius 2 is 1.46 bits per heavy atom. The van der Waals surface area contributed by atoms with E-state index < -0.39 is 10.0 Å². The van der Waals surface area contributed by atoms with Crippen molar-refractivity contribution < 1.29 is 8.42 Å². The third kappa shape index (κ3) is 6.65. The maximum Gasteiger partial charge on any atom is 0.240 e. The van der Waals surface area contributed by atoms with E-state index in [1.165, 1.54) is 0 Å². The minimum absolute atomic E-state index is 0.00576. The van der Waals surface area contributed by atoms with Gasteiger partial charge in [-0.3, -0.25) is 0 Å². The molecule has 0 aliphatic heterocycles. The minimum Gasteiger partial charge on any atom is -0.329 e. The summed E-state index contributed by atoms with van der Waals surface area (Å²) in [6, 6.07) is 7.12. The van der Waals surface area contributed by atoms with Crippen LogP contribution in [0.4, 0.5) is 0 Å². The Labute approximate surface area is 160 Å². The van der Waals surface area contributed by atoms with Crippen LogP contribution in [-0.2, 0) is 15.4 Å². The van der Waals surface area contributed by atoms with E-state index in [0.717, 1.165) is 5.56 Å². The van der Waals surface area contributed by atoms with Gasteiger partial charge in [-0.25, -0.2) is 13.1 Å². The van der Waals surface area contributed by atoms with Crippen LogP contribution in [0.3, 0.4) is 0 Å². The summed E-state index contributed by atoms with van der Waals surface area (Å²) in [5.74, 6) is 0.561. The van der Waals surface area contributed by atoms with Gasteiger partial charge in [0.05, 0.1) is 4.90 Å². The van der Waals surface area contributed by atoms with Gasteiger partial charge in [-0.1, -0.05) is 60.6 Å². The summed E-state index contributed by atoms with van der Waals surface area (Å²) in [4.78, 5) is 0.301. The summed E-state index contributed by atoms with van der Waals surface area (Å²) in [7, 11) is -3.56. The lowest BCUT2D eigenvalue weighted by molar-refractivity contribution is 0.354.